The lowest BCUT2D eigenvalue weighted by atomic mass is 10.1. The highest BCUT2D eigenvalue weighted by Gasteiger charge is 2.27. The minimum absolute atomic E-state index is 0.151. The van der Waals surface area contributed by atoms with Crippen LogP contribution in [0.15, 0.2) is 21.7 Å². The molecule has 10 nitrogen and oxygen atoms in total. The third kappa shape index (κ3) is 3.47. The molecule has 0 radical (unpaired) electrons. The van der Waals surface area contributed by atoms with Crippen molar-refractivity contribution >= 4 is 11.0 Å². The lowest BCUT2D eigenvalue weighted by Gasteiger charge is -2.25. The summed E-state index contributed by atoms with van der Waals surface area (Å²) in [5, 5.41) is 39.4. The van der Waals surface area contributed by atoms with Crippen LogP contribution in [0, 0.1) is 13.8 Å². The molecule has 1 aromatic carbocycles. The number of aryl methyl sites for hydroxylation is 2. The van der Waals surface area contributed by atoms with E-state index in [1.807, 2.05) is 18.8 Å². The van der Waals surface area contributed by atoms with E-state index in [9.17, 15) is 30.0 Å². The summed E-state index contributed by atoms with van der Waals surface area (Å²) in [7, 11) is 0. The van der Waals surface area contributed by atoms with E-state index < -0.39 is 42.7 Å². The van der Waals surface area contributed by atoms with Crippen molar-refractivity contribution in [3.8, 4) is 11.5 Å². The van der Waals surface area contributed by atoms with Crippen LogP contribution in [0.25, 0.3) is 22.6 Å². The molecule has 2 heterocycles. The first-order chi connectivity index (χ1) is 13.4. The molecule has 2 aliphatic rings. The van der Waals surface area contributed by atoms with Crippen LogP contribution in [0.3, 0.4) is 0 Å². The second-order valence-corrected chi connectivity index (χ2v) is 6.32. The van der Waals surface area contributed by atoms with Crippen LogP contribution in [0.1, 0.15) is 13.9 Å². The molecule has 5 N–H and O–H groups in total. The quantitative estimate of drug-likeness (QED) is 0.326. The van der Waals surface area contributed by atoms with Crippen molar-refractivity contribution in [2.24, 2.45) is 0 Å². The summed E-state index contributed by atoms with van der Waals surface area (Å²) in [5.74, 6) is -0.151. The van der Waals surface area contributed by atoms with Gasteiger partial charge in [-0.3, -0.25) is 9.78 Å². The zero-order chi connectivity index (χ0) is 21.7. The van der Waals surface area contributed by atoms with Gasteiger partial charge >= 0.3 is 5.69 Å². The van der Waals surface area contributed by atoms with E-state index in [-0.39, 0.29) is 11.5 Å². The summed E-state index contributed by atoms with van der Waals surface area (Å²) in [5.41, 5.74) is 0.613. The van der Waals surface area contributed by atoms with E-state index in [0.29, 0.717) is 11.0 Å². The molecule has 0 spiro atoms. The van der Waals surface area contributed by atoms with E-state index in [0.717, 1.165) is 11.1 Å². The van der Waals surface area contributed by atoms with Crippen LogP contribution in [0.4, 0.5) is 0 Å². The van der Waals surface area contributed by atoms with Crippen LogP contribution in [-0.2, 0) is 6.54 Å². The Labute approximate surface area is 155 Å². The zero-order valence-corrected chi connectivity index (χ0v) is 14.5. The Morgan fingerprint density at radius 1 is 1.15 bits per heavy atom. The van der Waals surface area contributed by atoms with Crippen LogP contribution < -0.4 is 11.2 Å². The normalized spacial score (nSPS) is 16.8. The molecule has 3 atom stereocenters. The fraction of sp³-hybridized carbons (Fsp3) is 0.412. The molecule has 0 aromatic heterocycles. The number of hydrogen-bond acceptors (Lipinski definition) is 8. The van der Waals surface area contributed by atoms with Crippen molar-refractivity contribution in [2.75, 3.05) is 6.56 Å². The van der Waals surface area contributed by atoms with Gasteiger partial charge < -0.3 is 25.0 Å². The van der Waals surface area contributed by atoms with E-state index in [1.54, 1.807) is 12.1 Å². The van der Waals surface area contributed by atoms with Crippen molar-refractivity contribution < 1.29 is 23.2 Å². The number of aliphatic hydroxyl groups excluding tert-OH is 3. The maximum absolute atomic E-state index is 12.2. The van der Waals surface area contributed by atoms with Gasteiger partial charge in [0.2, 0.25) is 0 Å². The van der Waals surface area contributed by atoms with Crippen LogP contribution in [0.5, 0.6) is 0 Å². The molecule has 27 heavy (non-hydrogen) atoms. The van der Waals surface area contributed by atoms with Crippen LogP contribution in [-0.4, -0.2) is 64.8 Å². The fourth-order valence-electron chi connectivity index (χ4n) is 2.82. The lowest BCUT2D eigenvalue weighted by Crippen LogP contribution is -2.42. The SMILES string of the molecule is [3H]C([3H])(O)[C@@H](O)[C@@H](O)[C@@H](O)Cn1c2nc(=O)[nH]c(=O)c-2nc2cc(C)c(C)cc21. The van der Waals surface area contributed by atoms with Gasteiger partial charge in [0.1, 0.15) is 18.3 Å². The van der Waals surface area contributed by atoms with Crippen molar-refractivity contribution in [3.63, 3.8) is 0 Å². The smallest absolute Gasteiger partial charge is 0.349 e. The van der Waals surface area contributed by atoms with E-state index in [1.165, 1.54) is 4.57 Å². The van der Waals surface area contributed by atoms with Gasteiger partial charge in [-0.05, 0) is 37.1 Å². The fourth-order valence-corrected chi connectivity index (χ4v) is 2.82. The van der Waals surface area contributed by atoms with Gasteiger partial charge in [0, 0.05) is 0 Å². The van der Waals surface area contributed by atoms with Crippen molar-refractivity contribution in [1.82, 2.24) is 19.5 Å². The highest BCUT2D eigenvalue weighted by atomic mass is 16.4. The minimum Gasteiger partial charge on any atom is -0.394 e. The minimum atomic E-state index is -3.15. The Kier molecular flexibility index (Phi) is 4.38. The first kappa shape index (κ1) is 16.5. The summed E-state index contributed by atoms with van der Waals surface area (Å²) in [6, 6.07) is 3.40. The van der Waals surface area contributed by atoms with Gasteiger partial charge in [0.25, 0.3) is 5.56 Å². The van der Waals surface area contributed by atoms with Gasteiger partial charge in [-0.1, -0.05) is 0 Å². The number of hydrogen-bond donors (Lipinski definition) is 5. The first-order valence-corrected chi connectivity index (χ1v) is 8.08. The molecule has 0 unspecified atom stereocenters. The van der Waals surface area contributed by atoms with Crippen molar-refractivity contribution in [2.45, 2.75) is 38.7 Å². The molecular formula is C17H20N4O6. The number of fused-ring (bicyclic) bond motifs is 2. The number of rotatable bonds is 5. The third-order valence-corrected chi connectivity index (χ3v) is 4.44. The number of aromatic nitrogens is 4. The molecule has 0 bridgehead atoms. The maximum Gasteiger partial charge on any atom is 0.349 e. The summed E-state index contributed by atoms with van der Waals surface area (Å²) >= 11 is 0. The topological polar surface area (TPSA) is 162 Å². The Bertz CT molecular complexity index is 1160. The van der Waals surface area contributed by atoms with Gasteiger partial charge in [0.05, 0.1) is 26.9 Å². The second kappa shape index (κ2) is 7.16. The highest BCUT2D eigenvalue weighted by molar-refractivity contribution is 5.81. The molecule has 0 saturated heterocycles. The summed E-state index contributed by atoms with van der Waals surface area (Å²) in [6.45, 7) is 0.0380. The third-order valence-electron chi connectivity index (χ3n) is 4.44. The monoisotopic (exact) mass is 380 g/mol. The van der Waals surface area contributed by atoms with Crippen LogP contribution in [0.2, 0.25) is 0 Å². The van der Waals surface area contributed by atoms with Crippen LogP contribution >= 0.6 is 0 Å². The molecule has 0 aliphatic carbocycles. The summed E-state index contributed by atoms with van der Waals surface area (Å²) < 4.78 is 15.5. The average Bonchev–Trinajstić information content (AvgIpc) is 2.61. The van der Waals surface area contributed by atoms with E-state index in [2.05, 4.69) is 9.97 Å². The number of aromatic amines is 1. The maximum atomic E-state index is 12.2. The van der Waals surface area contributed by atoms with Gasteiger partial charge in [-0.15, -0.1) is 0 Å². The molecule has 0 amide bonds. The first-order valence-electron chi connectivity index (χ1n) is 9.08. The predicted molar refractivity (Wildman–Crippen MR) is 95.6 cm³/mol. The number of aliphatic hydroxyl groups is 4. The van der Waals surface area contributed by atoms with Crippen molar-refractivity contribution in [3.05, 3.63) is 44.1 Å². The Hall–Kier alpha value is -2.66. The van der Waals surface area contributed by atoms with Crippen molar-refractivity contribution in [1.29, 1.82) is 0 Å². The number of benzene rings is 1. The largest absolute Gasteiger partial charge is 0.394 e. The standard InChI is InChI=1S/C17H20N4O6/c1-7-3-9-10(4-8(7)2)21(5-11(23)14(25)12(24)6-22)15-13(18-9)16(26)20-17(27)19-15/h3-4,11-12,14,22-25H,5-6H2,1-2H3,(H,20,26,27)/t11-,12+,14-/m0/s1/i6T2. The molecule has 144 valence electrons. The Morgan fingerprint density at radius 2 is 1.81 bits per heavy atom. The van der Waals surface area contributed by atoms with Gasteiger partial charge in [-0.25, -0.2) is 9.78 Å². The number of nitrogens with zero attached hydrogens (tertiary/aromatic N) is 3. The van der Waals surface area contributed by atoms with E-state index >= 15 is 0 Å². The molecule has 10 heteroatoms. The van der Waals surface area contributed by atoms with E-state index in [4.69, 9.17) is 2.74 Å². The average molecular weight is 380 g/mol. The summed E-state index contributed by atoms with van der Waals surface area (Å²) in [6.07, 6.45) is -6.14. The molecule has 1 aromatic rings. The molecule has 0 saturated carbocycles. The Balaban J connectivity index is 2.22. The molecule has 2 aliphatic heterocycles. The predicted octanol–water partition coefficient (Wildman–Crippen LogP) is -1.72. The lowest BCUT2D eigenvalue weighted by molar-refractivity contribution is -0.0802. The number of H-pyrrole nitrogens is 1. The van der Waals surface area contributed by atoms with Gasteiger partial charge in [0.15, 0.2) is 11.5 Å². The highest BCUT2D eigenvalue weighted by Crippen LogP contribution is 2.24. The summed E-state index contributed by atoms with van der Waals surface area (Å²) in [4.78, 5) is 33.9. The second-order valence-electron chi connectivity index (χ2n) is 6.32. The van der Waals surface area contributed by atoms with Gasteiger partial charge in [-0.2, -0.15) is 4.98 Å². The molecule has 3 rings (SSSR count). The number of nitrogens with one attached hydrogen (secondary N) is 1. The Morgan fingerprint density at radius 3 is 2.48 bits per heavy atom. The molecule has 0 fully saturated rings. The zero-order valence-electron chi connectivity index (χ0n) is 16.5. The molecular weight excluding hydrogens is 356 g/mol.